The zero-order valence-corrected chi connectivity index (χ0v) is 14.5. The first-order valence-corrected chi connectivity index (χ1v) is 9.29. The number of methoxy groups -OCH3 is 1. The van der Waals surface area contributed by atoms with Gasteiger partial charge >= 0.3 is 0 Å². The van der Waals surface area contributed by atoms with E-state index in [-0.39, 0.29) is 11.9 Å². The minimum absolute atomic E-state index is 0.0537. The lowest BCUT2D eigenvalue weighted by Crippen LogP contribution is -2.54. The van der Waals surface area contributed by atoms with Gasteiger partial charge in [0.05, 0.1) is 18.9 Å². The third kappa shape index (κ3) is 2.70. The number of nitrogens with zero attached hydrogens (tertiary/aromatic N) is 3. The van der Waals surface area contributed by atoms with Crippen molar-refractivity contribution < 1.29 is 14.3 Å². The number of fused-ring (bicyclic) bond motifs is 2. The van der Waals surface area contributed by atoms with E-state index in [4.69, 9.17) is 9.47 Å². The summed E-state index contributed by atoms with van der Waals surface area (Å²) in [6.07, 6.45) is 2.80. The first-order valence-electron chi connectivity index (χ1n) is 8.25. The van der Waals surface area contributed by atoms with Gasteiger partial charge in [0.15, 0.2) is 0 Å². The topological polar surface area (TPSA) is 56.1 Å². The molecule has 0 radical (unpaired) electrons. The number of imidazole rings is 1. The van der Waals surface area contributed by atoms with Crippen LogP contribution in [0.2, 0.25) is 0 Å². The zero-order chi connectivity index (χ0) is 16.5. The van der Waals surface area contributed by atoms with Gasteiger partial charge in [-0.15, -0.1) is 0 Å². The highest BCUT2D eigenvalue weighted by Gasteiger charge is 2.38. The number of aromatic nitrogens is 2. The first-order chi connectivity index (χ1) is 11.8. The number of amides is 1. The minimum Gasteiger partial charge on any atom is -0.380 e. The maximum absolute atomic E-state index is 13.4. The highest BCUT2D eigenvalue weighted by molar-refractivity contribution is 8.00. The Bertz CT molecular complexity index is 746. The Morgan fingerprint density at radius 2 is 2.42 bits per heavy atom. The lowest BCUT2D eigenvalue weighted by atomic mass is 10.1. The average Bonchev–Trinajstić information content (AvgIpc) is 2.99. The third-order valence-electron chi connectivity index (χ3n) is 4.68. The number of carbonyl (C=O) groups is 1. The van der Waals surface area contributed by atoms with Crippen LogP contribution in [-0.4, -0.2) is 64.1 Å². The van der Waals surface area contributed by atoms with Gasteiger partial charge in [-0.1, -0.05) is 6.07 Å². The second-order valence-corrected chi connectivity index (χ2v) is 7.45. The molecule has 7 heteroatoms. The lowest BCUT2D eigenvalue weighted by Gasteiger charge is -2.43. The predicted molar refractivity (Wildman–Crippen MR) is 92.4 cm³/mol. The Balaban J connectivity index is 1.73. The van der Waals surface area contributed by atoms with Crippen LogP contribution >= 0.6 is 11.8 Å². The number of rotatable bonds is 3. The van der Waals surface area contributed by atoms with Crippen LogP contribution in [0.1, 0.15) is 22.6 Å². The van der Waals surface area contributed by atoms with Crippen LogP contribution in [0.3, 0.4) is 0 Å². The number of ether oxygens (including phenoxy) is 2. The lowest BCUT2D eigenvalue weighted by molar-refractivity contribution is 0.0312. The molecule has 4 rings (SSSR count). The van der Waals surface area contributed by atoms with Gasteiger partial charge in [0.2, 0.25) is 0 Å². The van der Waals surface area contributed by atoms with E-state index in [9.17, 15) is 4.79 Å². The maximum atomic E-state index is 13.4. The van der Waals surface area contributed by atoms with Crippen LogP contribution in [0.5, 0.6) is 0 Å². The molecule has 0 N–H and O–H groups in total. The van der Waals surface area contributed by atoms with Gasteiger partial charge in [0.25, 0.3) is 5.91 Å². The minimum atomic E-state index is 0.0537. The number of pyridine rings is 1. The molecule has 1 amide bonds. The van der Waals surface area contributed by atoms with Crippen LogP contribution in [0.15, 0.2) is 24.4 Å². The summed E-state index contributed by atoms with van der Waals surface area (Å²) in [5.74, 6) is 1.00. The molecule has 0 aromatic carbocycles. The first kappa shape index (κ1) is 15.9. The molecule has 2 aliphatic heterocycles. The molecule has 2 aliphatic rings. The summed E-state index contributed by atoms with van der Waals surface area (Å²) in [7, 11) is 1.63. The van der Waals surface area contributed by atoms with Crippen molar-refractivity contribution in [3.05, 3.63) is 35.8 Å². The molecule has 2 fully saturated rings. The van der Waals surface area contributed by atoms with Crippen molar-refractivity contribution in [3.8, 4) is 0 Å². The molecule has 2 saturated heterocycles. The second-order valence-electron chi connectivity index (χ2n) is 6.11. The van der Waals surface area contributed by atoms with Crippen molar-refractivity contribution >= 4 is 23.3 Å². The molecular weight excluding hydrogens is 326 g/mol. The van der Waals surface area contributed by atoms with Gasteiger partial charge in [-0.3, -0.25) is 9.20 Å². The second kappa shape index (κ2) is 6.74. The van der Waals surface area contributed by atoms with Crippen molar-refractivity contribution in [1.82, 2.24) is 14.3 Å². The predicted octanol–water partition coefficient (Wildman–Crippen LogP) is 1.83. The monoisotopic (exact) mass is 347 g/mol. The Kier molecular flexibility index (Phi) is 4.47. The zero-order valence-electron chi connectivity index (χ0n) is 13.7. The van der Waals surface area contributed by atoms with E-state index in [2.05, 4.69) is 4.98 Å². The van der Waals surface area contributed by atoms with Gasteiger partial charge < -0.3 is 14.4 Å². The molecule has 4 heterocycles. The van der Waals surface area contributed by atoms with E-state index >= 15 is 0 Å². The van der Waals surface area contributed by atoms with E-state index in [1.54, 1.807) is 7.11 Å². The highest BCUT2D eigenvalue weighted by Crippen LogP contribution is 2.31. The van der Waals surface area contributed by atoms with E-state index in [0.717, 1.165) is 37.6 Å². The van der Waals surface area contributed by atoms with Crippen molar-refractivity contribution in [2.75, 3.05) is 32.6 Å². The van der Waals surface area contributed by atoms with Crippen LogP contribution in [-0.2, 0) is 16.1 Å². The van der Waals surface area contributed by atoms with Gasteiger partial charge in [0.1, 0.15) is 11.3 Å². The Labute approximate surface area is 145 Å². The highest BCUT2D eigenvalue weighted by atomic mass is 32.2. The molecule has 0 aliphatic carbocycles. The molecule has 0 spiro atoms. The van der Waals surface area contributed by atoms with E-state index in [1.165, 1.54) is 0 Å². The number of hydrogen-bond donors (Lipinski definition) is 0. The van der Waals surface area contributed by atoms with Crippen LogP contribution in [0.25, 0.3) is 5.65 Å². The van der Waals surface area contributed by atoms with Crippen LogP contribution < -0.4 is 0 Å². The fraction of sp³-hybridized carbons (Fsp3) is 0.529. The SMILES string of the molecule is COCc1nc2ccccn2c1C(=O)N1CCSC2COCCC21. The maximum Gasteiger partial charge on any atom is 0.273 e. The van der Waals surface area contributed by atoms with E-state index < -0.39 is 0 Å². The summed E-state index contributed by atoms with van der Waals surface area (Å²) >= 11 is 1.92. The Morgan fingerprint density at radius 1 is 1.50 bits per heavy atom. The number of carbonyl (C=O) groups excluding carboxylic acids is 1. The van der Waals surface area contributed by atoms with Crippen molar-refractivity contribution in [2.45, 2.75) is 24.3 Å². The third-order valence-corrected chi connectivity index (χ3v) is 5.98. The summed E-state index contributed by atoms with van der Waals surface area (Å²) in [5, 5.41) is 0.376. The Hall–Kier alpha value is -1.57. The van der Waals surface area contributed by atoms with Gasteiger partial charge in [-0.25, -0.2) is 4.98 Å². The molecule has 0 bridgehead atoms. The summed E-state index contributed by atoms with van der Waals surface area (Å²) < 4.78 is 12.7. The molecule has 6 nitrogen and oxygen atoms in total. The smallest absolute Gasteiger partial charge is 0.273 e. The normalized spacial score (nSPS) is 24.1. The molecule has 128 valence electrons. The van der Waals surface area contributed by atoms with Crippen LogP contribution in [0.4, 0.5) is 0 Å². The number of thioether (sulfide) groups is 1. The molecule has 24 heavy (non-hydrogen) atoms. The largest absolute Gasteiger partial charge is 0.380 e. The summed E-state index contributed by atoms with van der Waals surface area (Å²) in [5.41, 5.74) is 2.11. The Morgan fingerprint density at radius 3 is 3.29 bits per heavy atom. The standard InChI is InChI=1S/C17H21N3O3S/c1-22-10-12-16(20-6-3-2-4-15(20)18-12)17(21)19-7-9-24-14-11-23-8-5-13(14)19/h2-4,6,13-14H,5,7-11H2,1H3. The summed E-state index contributed by atoms with van der Waals surface area (Å²) in [6, 6.07) is 6.01. The van der Waals surface area contributed by atoms with Gasteiger partial charge in [-0.05, 0) is 18.6 Å². The molecule has 2 aromatic heterocycles. The van der Waals surface area contributed by atoms with Gasteiger partial charge in [-0.2, -0.15) is 11.8 Å². The fourth-order valence-electron chi connectivity index (χ4n) is 3.58. The van der Waals surface area contributed by atoms with Crippen LogP contribution in [0, 0.1) is 0 Å². The molecule has 2 unspecified atom stereocenters. The van der Waals surface area contributed by atoms with Crippen molar-refractivity contribution in [1.29, 1.82) is 0 Å². The molecule has 2 atom stereocenters. The van der Waals surface area contributed by atoms with Gasteiger partial charge in [0, 0.05) is 43.5 Å². The van der Waals surface area contributed by atoms with E-state index in [0.29, 0.717) is 23.2 Å². The average molecular weight is 347 g/mol. The summed E-state index contributed by atoms with van der Waals surface area (Å²) in [4.78, 5) is 20.0. The summed E-state index contributed by atoms with van der Waals surface area (Å²) in [6.45, 7) is 2.57. The molecule has 0 saturated carbocycles. The quantitative estimate of drug-likeness (QED) is 0.848. The molecular formula is C17H21N3O3S. The van der Waals surface area contributed by atoms with E-state index in [1.807, 2.05) is 45.5 Å². The number of hydrogen-bond acceptors (Lipinski definition) is 5. The van der Waals surface area contributed by atoms with Crippen molar-refractivity contribution in [3.63, 3.8) is 0 Å². The fourth-order valence-corrected chi connectivity index (χ4v) is 4.88. The van der Waals surface area contributed by atoms with Crippen molar-refractivity contribution in [2.24, 2.45) is 0 Å². The molecule has 2 aromatic rings.